The van der Waals surface area contributed by atoms with E-state index in [-0.39, 0.29) is 34.8 Å². The van der Waals surface area contributed by atoms with Gasteiger partial charge in [0.2, 0.25) is 17.5 Å². The number of ether oxygens (including phenoxy) is 1. The molecule has 1 aliphatic heterocycles. The van der Waals surface area contributed by atoms with Crippen molar-refractivity contribution >= 4 is 22.9 Å². The molecule has 9 nitrogen and oxygen atoms in total. The lowest BCUT2D eigenvalue weighted by molar-refractivity contribution is -0.384. The molecule has 2 aromatic heterocycles. The number of hydrogen-bond donors (Lipinski definition) is 1. The molecule has 1 unspecified atom stereocenters. The van der Waals surface area contributed by atoms with Crippen molar-refractivity contribution in [3.63, 3.8) is 0 Å². The van der Waals surface area contributed by atoms with E-state index in [1.165, 1.54) is 10.9 Å². The van der Waals surface area contributed by atoms with Crippen LogP contribution in [0, 0.1) is 21.4 Å². The molecule has 0 radical (unpaired) electrons. The summed E-state index contributed by atoms with van der Waals surface area (Å²) >= 11 is 1.67. The Morgan fingerprint density at radius 1 is 1.30 bits per heavy atom. The number of nitro benzene ring substituents is 1. The molecule has 10 heteroatoms. The molecule has 1 aliphatic rings. The maximum atomic E-state index is 11.3. The van der Waals surface area contributed by atoms with E-state index in [1.54, 1.807) is 29.5 Å². The molecular weight excluding hydrogens is 406 g/mol. The van der Waals surface area contributed by atoms with Gasteiger partial charge in [-0.2, -0.15) is 10.2 Å². The highest BCUT2D eigenvalue weighted by atomic mass is 32.1. The second kappa shape index (κ2) is 9.04. The van der Waals surface area contributed by atoms with Crippen molar-refractivity contribution in [1.29, 1.82) is 5.26 Å². The van der Waals surface area contributed by atoms with Crippen molar-refractivity contribution in [2.75, 3.05) is 38.2 Å². The molecule has 1 atom stereocenters. The number of benzene rings is 1. The third-order valence-corrected chi connectivity index (χ3v) is 5.85. The van der Waals surface area contributed by atoms with Crippen LogP contribution in [0.15, 0.2) is 46.2 Å². The number of thiophene rings is 1. The molecular formula is C20H19N5O4S. The van der Waals surface area contributed by atoms with Crippen LogP contribution in [-0.2, 0) is 4.74 Å². The van der Waals surface area contributed by atoms with Crippen molar-refractivity contribution in [2.24, 2.45) is 0 Å². The number of aromatic nitrogens is 1. The number of nitro groups is 1. The fraction of sp³-hybridized carbons (Fsp3) is 0.300. The smallest absolute Gasteiger partial charge is 0.282 e. The fourth-order valence-corrected chi connectivity index (χ4v) is 4.27. The zero-order valence-corrected chi connectivity index (χ0v) is 16.8. The summed E-state index contributed by atoms with van der Waals surface area (Å²) < 4.78 is 11.2. The van der Waals surface area contributed by atoms with Crippen LogP contribution in [0.25, 0.3) is 11.5 Å². The van der Waals surface area contributed by atoms with Gasteiger partial charge < -0.3 is 14.5 Å². The van der Waals surface area contributed by atoms with E-state index in [1.807, 2.05) is 17.5 Å². The summed E-state index contributed by atoms with van der Waals surface area (Å²) in [5.41, 5.74) is 0.171. The molecule has 3 heterocycles. The zero-order valence-electron chi connectivity index (χ0n) is 16.0. The van der Waals surface area contributed by atoms with Gasteiger partial charge in [0.15, 0.2) is 0 Å². The summed E-state index contributed by atoms with van der Waals surface area (Å²) in [6.07, 6.45) is 0. The lowest BCUT2D eigenvalue weighted by Crippen LogP contribution is -2.41. The van der Waals surface area contributed by atoms with Gasteiger partial charge in [-0.05, 0) is 17.5 Å². The highest BCUT2D eigenvalue weighted by Gasteiger charge is 2.26. The largest absolute Gasteiger partial charge is 0.419 e. The first kappa shape index (κ1) is 20.0. The zero-order chi connectivity index (χ0) is 20.9. The molecule has 0 bridgehead atoms. The second-order valence-corrected chi connectivity index (χ2v) is 7.62. The van der Waals surface area contributed by atoms with E-state index in [0.29, 0.717) is 19.8 Å². The number of rotatable bonds is 7. The lowest BCUT2D eigenvalue weighted by atomic mass is 10.2. The molecule has 1 fully saturated rings. The molecule has 0 aliphatic carbocycles. The van der Waals surface area contributed by atoms with Gasteiger partial charge in [-0.1, -0.05) is 18.2 Å². The van der Waals surface area contributed by atoms with E-state index >= 15 is 0 Å². The maximum absolute atomic E-state index is 11.3. The summed E-state index contributed by atoms with van der Waals surface area (Å²) in [4.78, 5) is 18.5. The van der Waals surface area contributed by atoms with Crippen LogP contribution >= 0.6 is 11.3 Å². The molecule has 3 aromatic rings. The minimum absolute atomic E-state index is 0.0420. The van der Waals surface area contributed by atoms with E-state index in [4.69, 9.17) is 9.15 Å². The van der Waals surface area contributed by atoms with Crippen molar-refractivity contribution < 1.29 is 14.1 Å². The van der Waals surface area contributed by atoms with Crippen LogP contribution in [0.2, 0.25) is 0 Å². The van der Waals surface area contributed by atoms with Crippen molar-refractivity contribution in [3.05, 3.63) is 62.5 Å². The minimum Gasteiger partial charge on any atom is -0.419 e. The number of para-hydroxylation sites is 1. The highest BCUT2D eigenvalue weighted by Crippen LogP contribution is 2.33. The van der Waals surface area contributed by atoms with E-state index in [9.17, 15) is 15.4 Å². The minimum atomic E-state index is -0.496. The lowest BCUT2D eigenvalue weighted by Gasteiger charge is -2.34. The van der Waals surface area contributed by atoms with Gasteiger partial charge in [-0.3, -0.25) is 15.0 Å². The summed E-state index contributed by atoms with van der Waals surface area (Å²) in [7, 11) is 0. The van der Waals surface area contributed by atoms with Crippen LogP contribution in [0.3, 0.4) is 0 Å². The fourth-order valence-electron chi connectivity index (χ4n) is 3.41. The van der Waals surface area contributed by atoms with Crippen LogP contribution in [-0.4, -0.2) is 47.7 Å². The maximum Gasteiger partial charge on any atom is 0.282 e. The van der Waals surface area contributed by atoms with Gasteiger partial charge in [0, 0.05) is 30.6 Å². The summed E-state index contributed by atoms with van der Waals surface area (Å²) in [6.45, 7) is 3.48. The average molecular weight is 425 g/mol. The second-order valence-electron chi connectivity index (χ2n) is 6.64. The Balaban J connectivity index is 1.59. The average Bonchev–Trinajstić information content (AvgIpc) is 3.45. The first-order valence-corrected chi connectivity index (χ1v) is 10.3. The van der Waals surface area contributed by atoms with Gasteiger partial charge in [-0.15, -0.1) is 11.3 Å². The topological polar surface area (TPSA) is 117 Å². The van der Waals surface area contributed by atoms with Gasteiger partial charge in [0.25, 0.3) is 5.69 Å². The van der Waals surface area contributed by atoms with Gasteiger partial charge in [-0.25, -0.2) is 0 Å². The third kappa shape index (κ3) is 4.18. The van der Waals surface area contributed by atoms with Gasteiger partial charge >= 0.3 is 0 Å². The van der Waals surface area contributed by atoms with Crippen LogP contribution in [0.1, 0.15) is 16.6 Å². The molecule has 0 spiro atoms. The van der Waals surface area contributed by atoms with Gasteiger partial charge in [0.05, 0.1) is 24.2 Å². The normalized spacial score (nSPS) is 15.4. The Bertz CT molecular complexity index is 1050. The van der Waals surface area contributed by atoms with Crippen molar-refractivity contribution in [2.45, 2.75) is 6.04 Å². The molecule has 154 valence electrons. The molecule has 30 heavy (non-hydrogen) atoms. The number of nitrogens with one attached hydrogen (secondary N) is 1. The Hall–Kier alpha value is -3.26. The molecule has 1 aromatic carbocycles. The summed E-state index contributed by atoms with van der Waals surface area (Å²) in [6, 6.07) is 12.3. The van der Waals surface area contributed by atoms with Crippen LogP contribution in [0.4, 0.5) is 11.6 Å². The monoisotopic (exact) mass is 425 g/mol. The molecule has 0 saturated carbocycles. The van der Waals surface area contributed by atoms with E-state index < -0.39 is 4.92 Å². The molecule has 1 saturated heterocycles. The molecule has 1 N–H and O–H groups in total. The number of oxazole rings is 1. The quantitative estimate of drug-likeness (QED) is 0.450. The van der Waals surface area contributed by atoms with Crippen molar-refractivity contribution in [3.8, 4) is 17.5 Å². The van der Waals surface area contributed by atoms with E-state index in [2.05, 4.69) is 21.3 Å². The predicted octanol–water partition coefficient (Wildman–Crippen LogP) is 3.67. The summed E-state index contributed by atoms with van der Waals surface area (Å²) in [5, 5.41) is 26.0. The Kier molecular flexibility index (Phi) is 6.04. The number of morpholine rings is 1. The van der Waals surface area contributed by atoms with Crippen molar-refractivity contribution in [1.82, 2.24) is 9.88 Å². The number of anilines is 1. The van der Waals surface area contributed by atoms with E-state index in [0.717, 1.165) is 13.1 Å². The van der Waals surface area contributed by atoms with Crippen LogP contribution in [0.5, 0.6) is 0 Å². The standard InChI is InChI=1S/C20H19N5O4S/c21-12-15-20(29-19(23-15)14-4-1-2-5-16(14)25(26)27)22-13-17(18-6-3-11-30-18)24-7-9-28-10-8-24/h1-6,11,17,22H,7-10,13H2. The first-order valence-electron chi connectivity index (χ1n) is 9.41. The number of nitriles is 1. The first-order chi connectivity index (χ1) is 14.7. The Morgan fingerprint density at radius 2 is 2.10 bits per heavy atom. The summed E-state index contributed by atoms with van der Waals surface area (Å²) in [5.74, 6) is 0.251. The number of hydrogen-bond acceptors (Lipinski definition) is 9. The number of nitrogens with zero attached hydrogens (tertiary/aromatic N) is 4. The third-order valence-electron chi connectivity index (χ3n) is 4.88. The highest BCUT2D eigenvalue weighted by molar-refractivity contribution is 7.10. The molecule has 4 rings (SSSR count). The Morgan fingerprint density at radius 3 is 2.80 bits per heavy atom. The van der Waals surface area contributed by atoms with Gasteiger partial charge in [0.1, 0.15) is 11.6 Å². The predicted molar refractivity (Wildman–Crippen MR) is 111 cm³/mol. The SMILES string of the molecule is N#Cc1nc(-c2ccccc2[N+](=O)[O-])oc1NCC(c1cccs1)N1CCOCC1. The Labute approximate surface area is 176 Å². The molecule has 0 amide bonds. The van der Waals surface area contributed by atoms with Crippen LogP contribution < -0.4 is 5.32 Å².